The summed E-state index contributed by atoms with van der Waals surface area (Å²) in [6.45, 7) is 2.29. The Hall–Kier alpha value is -3.99. The number of fused-ring (bicyclic) bond motifs is 1. The van der Waals surface area contributed by atoms with Gasteiger partial charge in [-0.05, 0) is 31.4 Å². The van der Waals surface area contributed by atoms with Crippen LogP contribution in [0.25, 0.3) is 11.7 Å². The third-order valence-corrected chi connectivity index (χ3v) is 5.59. The van der Waals surface area contributed by atoms with Crippen LogP contribution in [0.1, 0.15) is 37.1 Å². The van der Waals surface area contributed by atoms with Gasteiger partial charge in [0.1, 0.15) is 5.69 Å². The molecule has 11 heteroatoms. The molecule has 3 aromatic heterocycles. The minimum Gasteiger partial charge on any atom is -0.493 e. The van der Waals surface area contributed by atoms with Gasteiger partial charge in [-0.1, -0.05) is 30.3 Å². The number of hydrogen-bond acceptors (Lipinski definition) is 8. The summed E-state index contributed by atoms with van der Waals surface area (Å²) in [5.41, 5.74) is 1.67. The van der Waals surface area contributed by atoms with Crippen LogP contribution in [-0.2, 0) is 0 Å². The van der Waals surface area contributed by atoms with Crippen molar-refractivity contribution in [2.75, 3.05) is 18.1 Å². The van der Waals surface area contributed by atoms with E-state index < -0.39 is 5.69 Å². The van der Waals surface area contributed by atoms with Gasteiger partial charge in [-0.15, -0.1) is 0 Å². The zero-order valence-electron chi connectivity index (χ0n) is 18.0. The molecule has 11 nitrogen and oxygen atoms in total. The van der Waals surface area contributed by atoms with Gasteiger partial charge >= 0.3 is 5.69 Å². The van der Waals surface area contributed by atoms with Gasteiger partial charge in [-0.2, -0.15) is 19.6 Å². The van der Waals surface area contributed by atoms with Crippen LogP contribution in [0.4, 0.5) is 5.95 Å². The van der Waals surface area contributed by atoms with Crippen LogP contribution < -0.4 is 21.4 Å². The van der Waals surface area contributed by atoms with Crippen LogP contribution >= 0.6 is 0 Å². The molecule has 1 aliphatic carbocycles. The number of rotatable bonds is 7. The number of aliphatic hydroxyl groups excluding tert-OH is 1. The Bertz CT molecular complexity index is 1450. The number of aromatic hydroxyl groups is 1. The predicted molar refractivity (Wildman–Crippen MR) is 121 cm³/mol. The molecule has 1 atom stereocenters. The van der Waals surface area contributed by atoms with Crippen molar-refractivity contribution in [3.8, 4) is 5.88 Å². The van der Waals surface area contributed by atoms with Gasteiger partial charge in [0, 0.05) is 11.8 Å². The zero-order valence-corrected chi connectivity index (χ0v) is 18.0. The Balaban J connectivity index is 1.70. The molecule has 0 spiro atoms. The molecule has 33 heavy (non-hydrogen) atoms. The summed E-state index contributed by atoms with van der Waals surface area (Å²) in [4.78, 5) is 32.4. The maximum atomic E-state index is 11.5. The van der Waals surface area contributed by atoms with E-state index in [1.807, 2.05) is 42.2 Å². The maximum Gasteiger partial charge on any atom is 0.326 e. The first-order valence-corrected chi connectivity index (χ1v) is 10.8. The van der Waals surface area contributed by atoms with E-state index in [2.05, 4.69) is 15.1 Å². The smallest absolute Gasteiger partial charge is 0.326 e. The van der Waals surface area contributed by atoms with Crippen molar-refractivity contribution in [2.24, 2.45) is 4.99 Å². The van der Waals surface area contributed by atoms with Gasteiger partial charge in [-0.25, -0.2) is 9.79 Å². The average molecular weight is 448 g/mol. The molecule has 1 aromatic carbocycles. The van der Waals surface area contributed by atoms with Crippen molar-refractivity contribution in [1.82, 2.24) is 29.5 Å². The Morgan fingerprint density at radius 1 is 1.27 bits per heavy atom. The number of hydrogen-bond donors (Lipinski definition) is 4. The van der Waals surface area contributed by atoms with Crippen LogP contribution in [0, 0.1) is 0 Å². The minimum atomic E-state index is -0.513. The lowest BCUT2D eigenvalue weighted by molar-refractivity contribution is 0.297. The molecule has 5 rings (SSSR count). The molecule has 1 aliphatic rings. The number of aromatic nitrogens is 6. The topological polar surface area (TPSA) is 148 Å². The molecule has 0 radical (unpaired) electrons. The summed E-state index contributed by atoms with van der Waals surface area (Å²) in [6, 6.07) is 10.0. The molecule has 1 saturated carbocycles. The van der Waals surface area contributed by atoms with E-state index in [0.29, 0.717) is 29.0 Å². The van der Waals surface area contributed by atoms with Crippen molar-refractivity contribution in [1.29, 1.82) is 0 Å². The Kier molecular flexibility index (Phi) is 5.38. The highest BCUT2D eigenvalue weighted by molar-refractivity contribution is 5.57. The van der Waals surface area contributed by atoms with Crippen molar-refractivity contribution in [3.63, 3.8) is 0 Å². The third kappa shape index (κ3) is 4.22. The number of aromatic amines is 2. The number of anilines is 1. The predicted octanol–water partition coefficient (Wildman–Crippen LogP) is 0.0170. The van der Waals surface area contributed by atoms with Crippen molar-refractivity contribution >= 4 is 17.7 Å². The van der Waals surface area contributed by atoms with E-state index in [1.54, 1.807) is 16.8 Å². The van der Waals surface area contributed by atoms with Crippen molar-refractivity contribution in [3.05, 3.63) is 69.1 Å². The molecular weight excluding hydrogens is 424 g/mol. The molecule has 3 heterocycles. The fraction of sp³-hybridized carbons (Fsp3) is 0.318. The molecular formula is C22H24N8O3. The SMILES string of the molecule is CC(c1ccccc1)N(CCO)c1nc(=NC2CC2)n2ncc(=Cc3[nH]c(=O)[nH]c3O)c2n1. The lowest BCUT2D eigenvalue weighted by Gasteiger charge is -2.29. The number of nitrogens with zero attached hydrogens (tertiary/aromatic N) is 6. The number of H-pyrrole nitrogens is 2. The third-order valence-electron chi connectivity index (χ3n) is 5.59. The van der Waals surface area contributed by atoms with E-state index in [4.69, 9.17) is 15.0 Å². The summed E-state index contributed by atoms with van der Waals surface area (Å²) >= 11 is 0. The zero-order chi connectivity index (χ0) is 22.9. The second-order valence-corrected chi connectivity index (χ2v) is 8.01. The first kappa shape index (κ1) is 20.9. The summed E-state index contributed by atoms with van der Waals surface area (Å²) < 4.78 is 1.56. The molecule has 0 amide bonds. The first-order valence-electron chi connectivity index (χ1n) is 10.8. The first-order chi connectivity index (χ1) is 16.0. The standard InChI is InChI=1S/C22H24N8O3/c1-13(14-5-3-2-4-6-14)29(9-10-31)20-26-18-15(11-17-19(32)27-22(33)25-17)12-23-30(18)21(28-20)24-16-7-8-16/h2-6,11-13,16,31-32H,7-10H2,1H3,(H2,25,27,33). The summed E-state index contributed by atoms with van der Waals surface area (Å²) in [5.74, 6) is 0.144. The molecule has 1 unspecified atom stereocenters. The van der Waals surface area contributed by atoms with Gasteiger partial charge in [0.15, 0.2) is 5.65 Å². The molecule has 4 aromatic rings. The van der Waals surface area contributed by atoms with E-state index in [9.17, 15) is 15.0 Å². The van der Waals surface area contributed by atoms with E-state index in [0.717, 1.165) is 18.4 Å². The van der Waals surface area contributed by atoms with Gasteiger partial charge in [0.25, 0.3) is 5.62 Å². The molecule has 1 fully saturated rings. The average Bonchev–Trinajstić information content (AvgIpc) is 3.45. The van der Waals surface area contributed by atoms with Crippen molar-refractivity contribution < 1.29 is 10.2 Å². The normalized spacial score (nSPS) is 15.9. The Morgan fingerprint density at radius 3 is 2.73 bits per heavy atom. The van der Waals surface area contributed by atoms with Gasteiger partial charge in [-0.3, -0.25) is 4.98 Å². The summed E-state index contributed by atoms with van der Waals surface area (Å²) in [6.07, 6.45) is 5.17. The number of nitrogens with one attached hydrogen (secondary N) is 2. The Morgan fingerprint density at radius 2 is 2.06 bits per heavy atom. The fourth-order valence-corrected chi connectivity index (χ4v) is 3.68. The fourth-order valence-electron chi connectivity index (χ4n) is 3.68. The highest BCUT2D eigenvalue weighted by Crippen LogP contribution is 2.24. The van der Waals surface area contributed by atoms with Gasteiger partial charge in [0.2, 0.25) is 11.8 Å². The molecule has 170 valence electrons. The number of benzene rings is 1. The highest BCUT2D eigenvalue weighted by Gasteiger charge is 2.23. The van der Waals surface area contributed by atoms with Crippen LogP contribution in [0.3, 0.4) is 0 Å². The lowest BCUT2D eigenvalue weighted by atomic mass is 10.1. The second-order valence-electron chi connectivity index (χ2n) is 8.01. The highest BCUT2D eigenvalue weighted by atomic mass is 16.3. The lowest BCUT2D eigenvalue weighted by Crippen LogP contribution is -2.35. The maximum absolute atomic E-state index is 11.5. The monoisotopic (exact) mass is 448 g/mol. The van der Waals surface area contributed by atoms with Gasteiger partial charge in [0.05, 0.1) is 24.9 Å². The quantitative estimate of drug-likeness (QED) is 0.311. The largest absolute Gasteiger partial charge is 0.493 e. The molecule has 4 N–H and O–H groups in total. The molecule has 0 aliphatic heterocycles. The van der Waals surface area contributed by atoms with Crippen LogP contribution in [-0.4, -0.2) is 59.0 Å². The van der Waals surface area contributed by atoms with Crippen LogP contribution in [0.15, 0.2) is 46.3 Å². The van der Waals surface area contributed by atoms with Crippen LogP contribution in [0.5, 0.6) is 5.88 Å². The molecule has 0 saturated heterocycles. The Labute approximate surface area is 187 Å². The number of imidazole rings is 1. The van der Waals surface area contributed by atoms with E-state index in [-0.39, 0.29) is 30.3 Å². The number of aliphatic hydroxyl groups is 1. The summed E-state index contributed by atoms with van der Waals surface area (Å²) in [7, 11) is 0. The minimum absolute atomic E-state index is 0.0719. The second kappa shape index (κ2) is 8.51. The van der Waals surface area contributed by atoms with E-state index >= 15 is 0 Å². The summed E-state index contributed by atoms with van der Waals surface area (Å²) in [5, 5.41) is 24.7. The van der Waals surface area contributed by atoms with Gasteiger partial charge < -0.3 is 20.1 Å². The van der Waals surface area contributed by atoms with E-state index in [1.165, 1.54) is 0 Å². The molecule has 0 bridgehead atoms. The van der Waals surface area contributed by atoms with Crippen molar-refractivity contribution in [2.45, 2.75) is 31.8 Å². The van der Waals surface area contributed by atoms with Crippen LogP contribution in [0.2, 0.25) is 0 Å².